The van der Waals surface area contributed by atoms with Gasteiger partial charge in [-0.25, -0.2) is 4.79 Å². The second kappa shape index (κ2) is 6.22. The van der Waals surface area contributed by atoms with Crippen molar-refractivity contribution in [1.29, 1.82) is 0 Å². The largest absolute Gasteiger partial charge is 0.480 e. The number of carbonyl (C=O) groups excluding carboxylic acids is 1. The van der Waals surface area contributed by atoms with Crippen LogP contribution >= 0.6 is 11.6 Å². The standard InChI is InChI=1S/C11H12ClNO4/c12-8-3-1-7(2-4-8)10(15)13-9(5-6-14)11(16)17/h1-4,9,14H,5-6H2,(H,13,15)(H,16,17). The summed E-state index contributed by atoms with van der Waals surface area (Å²) >= 11 is 5.66. The smallest absolute Gasteiger partial charge is 0.326 e. The molecule has 0 heterocycles. The number of aliphatic hydroxyl groups is 1. The van der Waals surface area contributed by atoms with Gasteiger partial charge in [0.05, 0.1) is 0 Å². The summed E-state index contributed by atoms with van der Waals surface area (Å²) in [7, 11) is 0. The van der Waals surface area contributed by atoms with E-state index < -0.39 is 17.9 Å². The van der Waals surface area contributed by atoms with E-state index in [4.69, 9.17) is 21.8 Å². The first kappa shape index (κ1) is 13.5. The molecule has 1 aromatic rings. The van der Waals surface area contributed by atoms with Crippen LogP contribution in [0, 0.1) is 0 Å². The molecule has 0 spiro atoms. The van der Waals surface area contributed by atoms with E-state index in [9.17, 15) is 9.59 Å². The highest BCUT2D eigenvalue weighted by atomic mass is 35.5. The molecular weight excluding hydrogens is 246 g/mol. The number of nitrogens with one attached hydrogen (secondary N) is 1. The van der Waals surface area contributed by atoms with Crippen molar-refractivity contribution in [2.75, 3.05) is 6.61 Å². The third kappa shape index (κ3) is 4.05. The van der Waals surface area contributed by atoms with E-state index in [0.29, 0.717) is 10.6 Å². The molecule has 1 rings (SSSR count). The lowest BCUT2D eigenvalue weighted by Gasteiger charge is -2.13. The normalized spacial score (nSPS) is 11.9. The molecule has 3 N–H and O–H groups in total. The first-order chi connectivity index (χ1) is 8.04. The predicted molar refractivity (Wildman–Crippen MR) is 62.0 cm³/mol. The van der Waals surface area contributed by atoms with E-state index in [1.54, 1.807) is 0 Å². The fraction of sp³-hybridized carbons (Fsp3) is 0.273. The van der Waals surface area contributed by atoms with Gasteiger partial charge < -0.3 is 15.5 Å². The maximum atomic E-state index is 11.6. The number of aliphatic hydroxyl groups excluding tert-OH is 1. The van der Waals surface area contributed by atoms with Crippen LogP contribution in [0.4, 0.5) is 0 Å². The number of hydrogen-bond donors (Lipinski definition) is 3. The van der Waals surface area contributed by atoms with Crippen molar-refractivity contribution in [3.05, 3.63) is 34.9 Å². The summed E-state index contributed by atoms with van der Waals surface area (Å²) in [6, 6.07) is 4.98. The van der Waals surface area contributed by atoms with Crippen LogP contribution in [0.2, 0.25) is 5.02 Å². The summed E-state index contributed by atoms with van der Waals surface area (Å²) in [5.74, 6) is -1.69. The van der Waals surface area contributed by atoms with Crippen molar-refractivity contribution in [2.45, 2.75) is 12.5 Å². The summed E-state index contributed by atoms with van der Waals surface area (Å²) in [5, 5.41) is 20.3. The van der Waals surface area contributed by atoms with Crippen LogP contribution in [0.25, 0.3) is 0 Å². The number of benzene rings is 1. The van der Waals surface area contributed by atoms with Crippen molar-refractivity contribution in [3.63, 3.8) is 0 Å². The van der Waals surface area contributed by atoms with Crippen molar-refractivity contribution in [1.82, 2.24) is 5.32 Å². The zero-order valence-corrected chi connectivity index (χ0v) is 9.65. The van der Waals surface area contributed by atoms with Crippen molar-refractivity contribution in [2.24, 2.45) is 0 Å². The molecule has 0 bridgehead atoms. The summed E-state index contributed by atoms with van der Waals surface area (Å²) in [4.78, 5) is 22.4. The van der Waals surface area contributed by atoms with Crippen LogP contribution in [0.5, 0.6) is 0 Å². The second-order valence-electron chi connectivity index (χ2n) is 3.38. The first-order valence-electron chi connectivity index (χ1n) is 4.94. The van der Waals surface area contributed by atoms with Crippen LogP contribution in [-0.2, 0) is 4.79 Å². The quantitative estimate of drug-likeness (QED) is 0.732. The molecule has 0 radical (unpaired) electrons. The topological polar surface area (TPSA) is 86.6 Å². The molecule has 1 atom stereocenters. The maximum Gasteiger partial charge on any atom is 0.326 e. The number of aliphatic carboxylic acids is 1. The molecule has 5 nitrogen and oxygen atoms in total. The molecule has 6 heteroatoms. The average molecular weight is 258 g/mol. The highest BCUT2D eigenvalue weighted by Crippen LogP contribution is 2.09. The summed E-state index contributed by atoms with van der Waals surface area (Å²) in [6.07, 6.45) is -0.0331. The van der Waals surface area contributed by atoms with Gasteiger partial charge in [-0.2, -0.15) is 0 Å². The number of halogens is 1. The predicted octanol–water partition coefficient (Wildman–Crippen LogP) is 0.905. The summed E-state index contributed by atoms with van der Waals surface area (Å²) in [6.45, 7) is -0.308. The first-order valence-corrected chi connectivity index (χ1v) is 5.32. The van der Waals surface area contributed by atoms with E-state index >= 15 is 0 Å². The molecule has 0 saturated heterocycles. The van der Waals surface area contributed by atoms with Gasteiger partial charge in [-0.05, 0) is 24.3 Å². The van der Waals surface area contributed by atoms with Gasteiger partial charge in [0, 0.05) is 23.6 Å². The van der Waals surface area contributed by atoms with Crippen LogP contribution in [-0.4, -0.2) is 34.7 Å². The van der Waals surface area contributed by atoms with Gasteiger partial charge >= 0.3 is 5.97 Å². The third-order valence-electron chi connectivity index (χ3n) is 2.13. The Balaban J connectivity index is 2.70. The lowest BCUT2D eigenvalue weighted by molar-refractivity contribution is -0.139. The van der Waals surface area contributed by atoms with Crippen LogP contribution < -0.4 is 5.32 Å². The fourth-order valence-corrected chi connectivity index (χ4v) is 1.36. The Kier molecular flexibility index (Phi) is 4.93. The number of amides is 1. The van der Waals surface area contributed by atoms with Gasteiger partial charge in [-0.3, -0.25) is 4.79 Å². The van der Waals surface area contributed by atoms with E-state index in [2.05, 4.69) is 5.32 Å². The lowest BCUT2D eigenvalue weighted by Crippen LogP contribution is -2.41. The highest BCUT2D eigenvalue weighted by molar-refractivity contribution is 6.30. The van der Waals surface area contributed by atoms with E-state index in [1.807, 2.05) is 0 Å². The van der Waals surface area contributed by atoms with E-state index in [1.165, 1.54) is 24.3 Å². The Morgan fingerprint density at radius 1 is 1.29 bits per heavy atom. The number of rotatable bonds is 5. The number of carboxylic acids is 1. The number of carbonyl (C=O) groups is 2. The summed E-state index contributed by atoms with van der Waals surface area (Å²) < 4.78 is 0. The van der Waals surface area contributed by atoms with Crippen molar-refractivity contribution >= 4 is 23.5 Å². The SMILES string of the molecule is O=C(NC(CCO)C(=O)O)c1ccc(Cl)cc1. The van der Waals surface area contributed by atoms with E-state index in [0.717, 1.165) is 0 Å². The molecule has 0 fully saturated rings. The van der Waals surface area contributed by atoms with Crippen molar-refractivity contribution in [3.8, 4) is 0 Å². The Hall–Kier alpha value is -1.59. The molecule has 0 aliphatic rings. The lowest BCUT2D eigenvalue weighted by atomic mass is 10.1. The van der Waals surface area contributed by atoms with Gasteiger partial charge in [0.25, 0.3) is 5.91 Å². The van der Waals surface area contributed by atoms with Gasteiger partial charge in [0.1, 0.15) is 6.04 Å². The molecule has 17 heavy (non-hydrogen) atoms. The molecule has 92 valence electrons. The molecule has 1 unspecified atom stereocenters. The molecule has 0 saturated carbocycles. The Morgan fingerprint density at radius 3 is 2.35 bits per heavy atom. The third-order valence-corrected chi connectivity index (χ3v) is 2.38. The second-order valence-corrected chi connectivity index (χ2v) is 3.82. The van der Waals surface area contributed by atoms with Crippen LogP contribution in [0.1, 0.15) is 16.8 Å². The average Bonchev–Trinajstić information content (AvgIpc) is 2.29. The van der Waals surface area contributed by atoms with Gasteiger partial charge in [0.15, 0.2) is 0 Å². The van der Waals surface area contributed by atoms with Crippen LogP contribution in [0.3, 0.4) is 0 Å². The number of hydrogen-bond acceptors (Lipinski definition) is 3. The highest BCUT2D eigenvalue weighted by Gasteiger charge is 2.19. The maximum absolute atomic E-state index is 11.6. The van der Waals surface area contributed by atoms with E-state index in [-0.39, 0.29) is 13.0 Å². The minimum atomic E-state index is -1.18. The fourth-order valence-electron chi connectivity index (χ4n) is 1.23. The van der Waals surface area contributed by atoms with Crippen molar-refractivity contribution < 1.29 is 19.8 Å². The Bertz CT molecular complexity index is 404. The zero-order chi connectivity index (χ0) is 12.8. The molecule has 0 aliphatic carbocycles. The van der Waals surface area contributed by atoms with Gasteiger partial charge in [0.2, 0.25) is 0 Å². The minimum absolute atomic E-state index is 0.0331. The molecule has 1 aromatic carbocycles. The molecule has 0 aromatic heterocycles. The molecule has 1 amide bonds. The molecule has 0 aliphatic heterocycles. The monoisotopic (exact) mass is 257 g/mol. The summed E-state index contributed by atoms with van der Waals surface area (Å²) in [5.41, 5.74) is 0.318. The zero-order valence-electron chi connectivity index (χ0n) is 8.89. The minimum Gasteiger partial charge on any atom is -0.480 e. The molecular formula is C11H12ClNO4. The van der Waals surface area contributed by atoms with Gasteiger partial charge in [-0.15, -0.1) is 0 Å². The van der Waals surface area contributed by atoms with Gasteiger partial charge in [-0.1, -0.05) is 11.6 Å². The Morgan fingerprint density at radius 2 is 1.88 bits per heavy atom. The number of carboxylic acid groups (broad SMARTS) is 1. The van der Waals surface area contributed by atoms with Crippen LogP contribution in [0.15, 0.2) is 24.3 Å². The Labute approximate surface area is 103 Å².